The topological polar surface area (TPSA) is 111 Å². The van der Waals surface area contributed by atoms with Gasteiger partial charge in [0.05, 0.1) is 27.7 Å². The Morgan fingerprint density at radius 1 is 0.633 bits per heavy atom. The van der Waals surface area contributed by atoms with Crippen LogP contribution in [0.5, 0.6) is 0 Å². The number of likely N-dealkylation sites (N-methyl/N-ethyl adjacent to an activating group) is 1. The van der Waals surface area contributed by atoms with Crippen LogP contribution in [-0.4, -0.2) is 70.0 Å². The summed E-state index contributed by atoms with van der Waals surface area (Å²) in [5.74, 6) is -0.881. The molecule has 0 fully saturated rings. The van der Waals surface area contributed by atoms with E-state index in [-0.39, 0.29) is 26.1 Å². The number of hydrogen-bond donors (Lipinski definition) is 0. The maximum absolute atomic E-state index is 12.5. The minimum absolute atomic E-state index is 0.0372. The molecule has 0 bridgehead atoms. The van der Waals surface area contributed by atoms with Gasteiger partial charge in [-0.1, -0.05) is 120 Å². The van der Waals surface area contributed by atoms with Crippen LogP contribution in [0.25, 0.3) is 0 Å². The molecule has 10 heteroatoms. The van der Waals surface area contributed by atoms with Gasteiger partial charge in [0.1, 0.15) is 19.8 Å². The fraction of sp³-hybridized carbons (Fsp3) is 0.744. The van der Waals surface area contributed by atoms with E-state index < -0.39 is 32.5 Å². The van der Waals surface area contributed by atoms with E-state index in [1.54, 1.807) is 0 Å². The summed E-state index contributed by atoms with van der Waals surface area (Å²) >= 11 is 0. The average Bonchev–Trinajstić information content (AvgIpc) is 3.04. The summed E-state index contributed by atoms with van der Waals surface area (Å²) in [6, 6.07) is 0. The van der Waals surface area contributed by atoms with Crippen LogP contribution in [0.15, 0.2) is 48.6 Å². The van der Waals surface area contributed by atoms with Gasteiger partial charge in [0.2, 0.25) is 0 Å². The molecule has 0 heterocycles. The summed E-state index contributed by atoms with van der Waals surface area (Å²) in [5.41, 5.74) is 0. The van der Waals surface area contributed by atoms with E-state index >= 15 is 0 Å². The van der Waals surface area contributed by atoms with Gasteiger partial charge < -0.3 is 27.9 Å². The third-order valence-corrected chi connectivity index (χ3v) is 8.55. The molecule has 0 saturated heterocycles. The Morgan fingerprint density at radius 2 is 1.14 bits per heavy atom. The Bertz CT molecular complexity index is 986. The maximum Gasteiger partial charge on any atom is 0.306 e. The molecule has 0 aromatic carbocycles. The summed E-state index contributed by atoms with van der Waals surface area (Å²) < 4.78 is 33.6. The van der Waals surface area contributed by atoms with E-state index in [2.05, 4.69) is 62.5 Å². The highest BCUT2D eigenvalue weighted by Gasteiger charge is 2.21. The van der Waals surface area contributed by atoms with E-state index in [4.69, 9.17) is 18.5 Å². The number of nitrogens with zero attached hydrogens (tertiary/aromatic N) is 1. The molecule has 0 aliphatic rings. The number of carbonyl (C=O) groups excluding carboxylic acids is 2. The first kappa shape index (κ1) is 47.0. The summed E-state index contributed by atoms with van der Waals surface area (Å²) in [7, 11) is 1.14. The quantitative estimate of drug-likeness (QED) is 0.0218. The second-order valence-corrected chi connectivity index (χ2v) is 15.0. The van der Waals surface area contributed by atoms with Crippen molar-refractivity contribution >= 4 is 19.8 Å². The Morgan fingerprint density at radius 3 is 1.71 bits per heavy atom. The number of quaternary nitrogens is 1. The molecule has 0 aromatic rings. The number of carbonyl (C=O) groups is 2. The molecule has 2 atom stereocenters. The average molecular weight is 712 g/mol. The number of phosphoric acid groups is 1. The first-order chi connectivity index (χ1) is 23.5. The number of ether oxygens (including phenoxy) is 2. The van der Waals surface area contributed by atoms with Crippen molar-refractivity contribution in [2.24, 2.45) is 0 Å². The van der Waals surface area contributed by atoms with Gasteiger partial charge in [-0.2, -0.15) is 0 Å². The smallest absolute Gasteiger partial charge is 0.306 e. The lowest BCUT2D eigenvalue weighted by Crippen LogP contribution is -2.37. The Hall–Kier alpha value is -2.03. The molecule has 0 rings (SSSR count). The third kappa shape index (κ3) is 35.6. The first-order valence-corrected chi connectivity index (χ1v) is 20.3. The van der Waals surface area contributed by atoms with E-state index in [1.807, 2.05) is 21.1 Å². The zero-order valence-corrected chi connectivity index (χ0v) is 32.5. The van der Waals surface area contributed by atoms with Crippen LogP contribution in [0.3, 0.4) is 0 Å². The van der Waals surface area contributed by atoms with Crippen LogP contribution < -0.4 is 4.89 Å². The number of phosphoric ester groups is 1. The highest BCUT2D eigenvalue weighted by Crippen LogP contribution is 2.38. The van der Waals surface area contributed by atoms with Gasteiger partial charge in [-0.25, -0.2) is 0 Å². The maximum atomic E-state index is 12.5. The van der Waals surface area contributed by atoms with Crippen molar-refractivity contribution in [3.05, 3.63) is 48.6 Å². The molecule has 0 spiro atoms. The monoisotopic (exact) mass is 711 g/mol. The highest BCUT2D eigenvalue weighted by atomic mass is 31.2. The van der Waals surface area contributed by atoms with Crippen LogP contribution in [0.1, 0.15) is 136 Å². The summed E-state index contributed by atoms with van der Waals surface area (Å²) in [6.45, 7) is 4.05. The lowest BCUT2D eigenvalue weighted by molar-refractivity contribution is -0.870. The second-order valence-electron chi connectivity index (χ2n) is 13.6. The zero-order chi connectivity index (χ0) is 36.5. The van der Waals surface area contributed by atoms with Crippen molar-refractivity contribution in [3.63, 3.8) is 0 Å². The molecule has 284 valence electrons. The summed E-state index contributed by atoms with van der Waals surface area (Å²) in [5, 5.41) is 0. The van der Waals surface area contributed by atoms with Gasteiger partial charge in [-0.3, -0.25) is 14.2 Å². The molecular formula is C39H70NO8P. The van der Waals surface area contributed by atoms with Crippen LogP contribution in [-0.2, 0) is 32.7 Å². The standard InChI is InChI=1S/C39H70NO8P/c1-6-8-10-12-14-16-17-18-19-20-21-22-23-24-26-27-29-31-38(41)45-35-37(36-47-49(43,44)46-34-33-40(3,4)5)48-39(42)32-30-28-25-15-13-11-9-7-2/h10,12,16-17,19-20,22-23,37H,6-9,11,13-15,18,21,24-36H2,1-5H3/b12-10+,17-16+,20-19+,23-22+/t37-/m0/s1. The van der Waals surface area contributed by atoms with Crippen molar-refractivity contribution < 1.29 is 42.1 Å². The van der Waals surface area contributed by atoms with Crippen LogP contribution in [0, 0.1) is 0 Å². The van der Waals surface area contributed by atoms with E-state index in [9.17, 15) is 19.0 Å². The first-order valence-electron chi connectivity index (χ1n) is 18.8. The van der Waals surface area contributed by atoms with Crippen molar-refractivity contribution in [3.8, 4) is 0 Å². The van der Waals surface area contributed by atoms with Gasteiger partial charge in [0.25, 0.3) is 7.82 Å². The van der Waals surface area contributed by atoms with Gasteiger partial charge in [-0.05, 0) is 51.4 Å². The van der Waals surface area contributed by atoms with E-state index in [0.717, 1.165) is 64.2 Å². The lowest BCUT2D eigenvalue weighted by Gasteiger charge is -2.28. The van der Waals surface area contributed by atoms with Crippen molar-refractivity contribution in [1.29, 1.82) is 0 Å². The Kier molecular flexibility index (Phi) is 30.6. The van der Waals surface area contributed by atoms with Gasteiger partial charge in [0.15, 0.2) is 6.10 Å². The molecule has 0 aliphatic heterocycles. The Labute approximate surface area is 299 Å². The largest absolute Gasteiger partial charge is 0.756 e. The van der Waals surface area contributed by atoms with Crippen molar-refractivity contribution in [1.82, 2.24) is 0 Å². The zero-order valence-electron chi connectivity index (χ0n) is 31.6. The molecule has 0 N–H and O–H groups in total. The highest BCUT2D eigenvalue weighted by molar-refractivity contribution is 7.45. The second kappa shape index (κ2) is 31.9. The van der Waals surface area contributed by atoms with Crippen molar-refractivity contribution in [2.75, 3.05) is 47.5 Å². The molecule has 9 nitrogen and oxygen atoms in total. The Balaban J connectivity index is 4.44. The third-order valence-electron chi connectivity index (χ3n) is 7.58. The molecule has 0 amide bonds. The number of rotatable bonds is 33. The summed E-state index contributed by atoms with van der Waals surface area (Å²) in [4.78, 5) is 37.2. The van der Waals surface area contributed by atoms with Crippen molar-refractivity contribution in [2.45, 2.75) is 142 Å². The predicted molar refractivity (Wildman–Crippen MR) is 199 cm³/mol. The normalized spacial score (nSPS) is 14.3. The molecular weight excluding hydrogens is 641 g/mol. The van der Waals surface area contributed by atoms with Crippen LogP contribution >= 0.6 is 7.82 Å². The molecule has 49 heavy (non-hydrogen) atoms. The minimum Gasteiger partial charge on any atom is -0.756 e. The number of unbranched alkanes of at least 4 members (excludes halogenated alkanes) is 11. The summed E-state index contributed by atoms with van der Waals surface area (Å²) in [6.07, 6.45) is 34.4. The van der Waals surface area contributed by atoms with E-state index in [0.29, 0.717) is 23.9 Å². The predicted octanol–water partition coefficient (Wildman–Crippen LogP) is 9.33. The SMILES string of the molecule is CCC/C=C/C/C=C/C/C=C/C/C=C/CCCCCC(=O)OC[C@@H](COP(=O)([O-])OCC[N+](C)(C)C)OC(=O)CCCCCCCCCC. The molecule has 0 aromatic heterocycles. The van der Waals surface area contributed by atoms with Crippen LogP contribution in [0.4, 0.5) is 0 Å². The lowest BCUT2D eigenvalue weighted by atomic mass is 10.1. The fourth-order valence-electron chi connectivity index (χ4n) is 4.58. The molecule has 0 aliphatic carbocycles. The fourth-order valence-corrected chi connectivity index (χ4v) is 5.31. The molecule has 0 saturated carbocycles. The van der Waals surface area contributed by atoms with Crippen LogP contribution in [0.2, 0.25) is 0 Å². The minimum atomic E-state index is -4.62. The van der Waals surface area contributed by atoms with Gasteiger partial charge in [0, 0.05) is 12.8 Å². The number of hydrogen-bond acceptors (Lipinski definition) is 8. The van der Waals surface area contributed by atoms with E-state index in [1.165, 1.54) is 32.1 Å². The number of esters is 2. The van der Waals surface area contributed by atoms with Gasteiger partial charge in [-0.15, -0.1) is 0 Å². The molecule has 0 radical (unpaired) electrons. The molecule has 1 unspecified atom stereocenters. The number of allylic oxidation sites excluding steroid dienone is 8. The van der Waals surface area contributed by atoms with Gasteiger partial charge >= 0.3 is 11.9 Å².